The summed E-state index contributed by atoms with van der Waals surface area (Å²) in [5, 5.41) is 0. The van der Waals surface area contributed by atoms with Gasteiger partial charge in [0.1, 0.15) is 12.7 Å². The van der Waals surface area contributed by atoms with Gasteiger partial charge in [0.2, 0.25) is 0 Å². The number of esters is 2. The lowest BCUT2D eigenvalue weighted by molar-refractivity contribution is -0.147. The highest BCUT2D eigenvalue weighted by Gasteiger charge is 2.40. The molecule has 27 heavy (non-hydrogen) atoms. The van der Waals surface area contributed by atoms with E-state index in [1.54, 1.807) is 6.08 Å². The van der Waals surface area contributed by atoms with Crippen molar-refractivity contribution in [1.82, 2.24) is 0 Å². The summed E-state index contributed by atoms with van der Waals surface area (Å²) in [7, 11) is 1.53. The molecule has 148 valence electrons. The fraction of sp³-hybridized carbons (Fsp3) is 0.571. The number of methoxy groups -OCH3 is 1. The Labute approximate surface area is 160 Å². The maximum atomic E-state index is 12.5. The summed E-state index contributed by atoms with van der Waals surface area (Å²) in [6.07, 6.45) is 2.63. The van der Waals surface area contributed by atoms with Gasteiger partial charge in [-0.1, -0.05) is 27.0 Å². The Morgan fingerprint density at radius 2 is 2.04 bits per heavy atom. The number of rotatable bonds is 5. The van der Waals surface area contributed by atoms with Gasteiger partial charge in [0.25, 0.3) is 0 Å². The molecule has 2 aliphatic rings. The number of hydrogen-bond donors (Lipinski definition) is 0. The summed E-state index contributed by atoms with van der Waals surface area (Å²) >= 11 is 0. The van der Waals surface area contributed by atoms with Crippen molar-refractivity contribution < 1.29 is 28.6 Å². The van der Waals surface area contributed by atoms with Crippen molar-refractivity contribution in [2.75, 3.05) is 13.7 Å². The van der Waals surface area contributed by atoms with E-state index < -0.39 is 24.1 Å². The van der Waals surface area contributed by atoms with Crippen molar-refractivity contribution in [2.45, 2.75) is 51.7 Å². The van der Waals surface area contributed by atoms with E-state index in [-0.39, 0.29) is 36.3 Å². The molecule has 0 bridgehead atoms. The second-order valence-electron chi connectivity index (χ2n) is 7.16. The summed E-state index contributed by atoms with van der Waals surface area (Å²) in [5.41, 5.74) is 1.48. The Morgan fingerprint density at radius 3 is 2.67 bits per heavy atom. The molecule has 0 spiro atoms. The number of Topliss-reactive ketones (excluding diaryl/α,β-unsaturated/α-hetero) is 1. The molecule has 0 aromatic carbocycles. The van der Waals surface area contributed by atoms with Crippen LogP contribution in [0.3, 0.4) is 0 Å². The van der Waals surface area contributed by atoms with Gasteiger partial charge in [0.15, 0.2) is 5.78 Å². The van der Waals surface area contributed by atoms with Crippen molar-refractivity contribution in [1.29, 1.82) is 0 Å². The van der Waals surface area contributed by atoms with E-state index >= 15 is 0 Å². The van der Waals surface area contributed by atoms with Crippen LogP contribution in [0.15, 0.2) is 36.0 Å². The molecule has 0 aromatic heterocycles. The normalized spacial score (nSPS) is 29.4. The summed E-state index contributed by atoms with van der Waals surface area (Å²) in [6, 6.07) is 0. The molecule has 1 heterocycles. The minimum atomic E-state index is -0.585. The minimum Gasteiger partial charge on any atom is -0.461 e. The Kier molecular flexibility index (Phi) is 7.13. The van der Waals surface area contributed by atoms with E-state index in [4.69, 9.17) is 14.2 Å². The van der Waals surface area contributed by atoms with E-state index in [0.29, 0.717) is 24.8 Å². The zero-order valence-electron chi connectivity index (χ0n) is 16.3. The van der Waals surface area contributed by atoms with Gasteiger partial charge >= 0.3 is 11.9 Å². The van der Waals surface area contributed by atoms with Gasteiger partial charge < -0.3 is 14.2 Å². The van der Waals surface area contributed by atoms with Crippen LogP contribution in [0.1, 0.15) is 39.5 Å². The van der Waals surface area contributed by atoms with Crippen molar-refractivity contribution in [3.8, 4) is 0 Å². The standard InChI is InChI=1S/C21H28O6/c1-6-12(2)20(23)26-11-15-7-8-18(25-5)14(4)17(22)10-16-13(3)21(24)27-19(16)9-15/h9,12,16,18-19H,3-4,6-8,10-11H2,1-2,5H3/b15-9+/t12-,16-,18+,19+/m0/s1. The van der Waals surface area contributed by atoms with Crippen LogP contribution in [-0.4, -0.2) is 43.6 Å². The van der Waals surface area contributed by atoms with Gasteiger partial charge in [-0.25, -0.2) is 4.79 Å². The maximum Gasteiger partial charge on any atom is 0.334 e. The lowest BCUT2D eigenvalue weighted by Gasteiger charge is -2.23. The molecule has 1 saturated heterocycles. The predicted octanol–water partition coefficient (Wildman–Crippen LogP) is 2.92. The first-order valence-corrected chi connectivity index (χ1v) is 9.29. The first-order valence-electron chi connectivity index (χ1n) is 9.29. The van der Waals surface area contributed by atoms with Crippen LogP contribution >= 0.6 is 0 Å². The molecule has 6 heteroatoms. The van der Waals surface area contributed by atoms with E-state index in [9.17, 15) is 14.4 Å². The lowest BCUT2D eigenvalue weighted by Crippen LogP contribution is -2.27. The number of ketones is 1. The molecule has 0 amide bonds. The first-order chi connectivity index (χ1) is 12.8. The fourth-order valence-corrected chi connectivity index (χ4v) is 3.19. The van der Waals surface area contributed by atoms with E-state index in [1.165, 1.54) is 7.11 Å². The van der Waals surface area contributed by atoms with Gasteiger partial charge in [0, 0.05) is 30.6 Å². The number of carbonyl (C=O) groups excluding carboxylic acids is 3. The van der Waals surface area contributed by atoms with Crippen molar-refractivity contribution in [3.05, 3.63) is 36.0 Å². The van der Waals surface area contributed by atoms with Gasteiger partial charge in [-0.15, -0.1) is 0 Å². The average molecular weight is 376 g/mol. The highest BCUT2D eigenvalue weighted by atomic mass is 16.6. The SMILES string of the molecule is C=C1C(=O)C[C@H]2C(=C)C(=O)O[C@@H]2/C=C(/COC(=O)[C@@H](C)CC)CC[C@H]1OC. The highest BCUT2D eigenvalue weighted by molar-refractivity contribution is 5.98. The molecule has 1 aliphatic carbocycles. The molecule has 2 rings (SSSR count). The first kappa shape index (κ1) is 21.1. The third-order valence-corrected chi connectivity index (χ3v) is 5.33. The third-order valence-electron chi connectivity index (χ3n) is 5.33. The van der Waals surface area contributed by atoms with Crippen molar-refractivity contribution >= 4 is 17.7 Å². The van der Waals surface area contributed by atoms with Crippen LogP contribution in [0.5, 0.6) is 0 Å². The zero-order valence-corrected chi connectivity index (χ0v) is 16.3. The Balaban J connectivity index is 2.26. The highest BCUT2D eigenvalue weighted by Crippen LogP contribution is 2.34. The van der Waals surface area contributed by atoms with Crippen molar-refractivity contribution in [3.63, 3.8) is 0 Å². The van der Waals surface area contributed by atoms with Gasteiger partial charge in [0.05, 0.1) is 12.0 Å². The van der Waals surface area contributed by atoms with Crippen LogP contribution in [0, 0.1) is 11.8 Å². The van der Waals surface area contributed by atoms with E-state index in [1.807, 2.05) is 13.8 Å². The third kappa shape index (κ3) is 4.95. The second kappa shape index (κ2) is 9.13. The molecular formula is C21H28O6. The largest absolute Gasteiger partial charge is 0.461 e. The molecule has 4 atom stereocenters. The van der Waals surface area contributed by atoms with Crippen molar-refractivity contribution in [2.24, 2.45) is 11.8 Å². The molecule has 0 N–H and O–H groups in total. The molecule has 0 saturated carbocycles. The topological polar surface area (TPSA) is 78.9 Å². The van der Waals surface area contributed by atoms with Crippen LogP contribution in [0.2, 0.25) is 0 Å². The molecule has 0 radical (unpaired) electrons. The number of fused-ring (bicyclic) bond motifs is 1. The molecule has 6 nitrogen and oxygen atoms in total. The van der Waals surface area contributed by atoms with Crippen LogP contribution in [0.25, 0.3) is 0 Å². The number of hydrogen-bond acceptors (Lipinski definition) is 6. The lowest BCUT2D eigenvalue weighted by atomic mass is 9.85. The molecule has 0 unspecified atom stereocenters. The van der Waals surface area contributed by atoms with Gasteiger partial charge in [-0.05, 0) is 30.9 Å². The predicted molar refractivity (Wildman–Crippen MR) is 99.8 cm³/mol. The van der Waals surface area contributed by atoms with Crippen LogP contribution in [-0.2, 0) is 28.6 Å². The van der Waals surface area contributed by atoms with Gasteiger partial charge in [-0.2, -0.15) is 0 Å². The number of carbonyl (C=O) groups is 3. The Morgan fingerprint density at radius 1 is 1.33 bits per heavy atom. The van der Waals surface area contributed by atoms with Gasteiger partial charge in [-0.3, -0.25) is 9.59 Å². The van der Waals surface area contributed by atoms with Crippen LogP contribution < -0.4 is 0 Å². The number of ether oxygens (including phenoxy) is 3. The van der Waals surface area contributed by atoms with E-state index in [2.05, 4.69) is 13.2 Å². The van der Waals surface area contributed by atoms with Crippen LogP contribution in [0.4, 0.5) is 0 Å². The van der Waals surface area contributed by atoms with E-state index in [0.717, 1.165) is 5.57 Å². The maximum absolute atomic E-state index is 12.5. The Hall–Kier alpha value is -2.21. The quantitative estimate of drug-likeness (QED) is 0.417. The zero-order chi connectivity index (χ0) is 20.1. The summed E-state index contributed by atoms with van der Waals surface area (Å²) < 4.78 is 16.2. The molecule has 0 aromatic rings. The average Bonchev–Trinajstić information content (AvgIpc) is 2.91. The smallest absolute Gasteiger partial charge is 0.334 e. The molecule has 1 fully saturated rings. The second-order valence-corrected chi connectivity index (χ2v) is 7.16. The monoisotopic (exact) mass is 376 g/mol. The molecule has 1 aliphatic heterocycles. The summed E-state index contributed by atoms with van der Waals surface area (Å²) in [5.74, 6) is -1.54. The molecular weight excluding hydrogens is 348 g/mol. The Bertz CT molecular complexity index is 674. The minimum absolute atomic E-state index is 0.0877. The fourth-order valence-electron chi connectivity index (χ4n) is 3.19. The summed E-state index contributed by atoms with van der Waals surface area (Å²) in [6.45, 7) is 11.5. The summed E-state index contributed by atoms with van der Waals surface area (Å²) in [4.78, 5) is 36.5.